The van der Waals surface area contributed by atoms with E-state index in [4.69, 9.17) is 0 Å². The van der Waals surface area contributed by atoms with Gasteiger partial charge in [-0.3, -0.25) is 5.10 Å². The molecule has 0 amide bonds. The van der Waals surface area contributed by atoms with Gasteiger partial charge in [-0.05, 0) is 12.3 Å². The van der Waals surface area contributed by atoms with Crippen molar-refractivity contribution in [2.45, 2.75) is 20.3 Å². The highest BCUT2D eigenvalue weighted by atomic mass is 15.2. The Morgan fingerprint density at radius 3 is 2.82 bits per heavy atom. The molecule has 0 aliphatic rings. The van der Waals surface area contributed by atoms with Crippen molar-refractivity contribution < 1.29 is 0 Å². The van der Waals surface area contributed by atoms with Gasteiger partial charge in [-0.1, -0.05) is 13.8 Å². The molecule has 0 bridgehead atoms. The summed E-state index contributed by atoms with van der Waals surface area (Å²) in [5.74, 6) is 1.60. The lowest BCUT2D eigenvalue weighted by Gasteiger charge is -1.98. The quantitative estimate of drug-likeness (QED) is 0.693. The van der Waals surface area contributed by atoms with E-state index in [1.807, 2.05) is 13.1 Å². The lowest BCUT2D eigenvalue weighted by atomic mass is 10.1. The van der Waals surface area contributed by atoms with Crippen LogP contribution in [0.4, 0.5) is 5.82 Å². The Balaban J connectivity index is 2.58. The smallest absolute Gasteiger partial charge is 0.147 e. The van der Waals surface area contributed by atoms with Crippen LogP contribution >= 0.6 is 0 Å². The largest absolute Gasteiger partial charge is 0.372 e. The topological polar surface area (TPSA) is 40.7 Å². The summed E-state index contributed by atoms with van der Waals surface area (Å²) in [5.41, 5.74) is 1.20. The van der Waals surface area contributed by atoms with E-state index in [0.717, 1.165) is 12.2 Å². The Morgan fingerprint density at radius 2 is 2.36 bits per heavy atom. The molecular weight excluding hydrogens is 138 g/mol. The summed E-state index contributed by atoms with van der Waals surface area (Å²) < 4.78 is 0. The number of anilines is 1. The van der Waals surface area contributed by atoms with Crippen molar-refractivity contribution >= 4 is 5.82 Å². The molecule has 0 aromatic carbocycles. The molecular formula is C8H15N3. The van der Waals surface area contributed by atoms with Crippen LogP contribution in [0.25, 0.3) is 0 Å². The van der Waals surface area contributed by atoms with Crippen molar-refractivity contribution in [3.05, 3.63) is 11.8 Å². The normalized spacial score (nSPS) is 10.5. The lowest BCUT2D eigenvalue weighted by molar-refractivity contribution is 0.633. The minimum Gasteiger partial charge on any atom is -0.372 e. The van der Waals surface area contributed by atoms with Gasteiger partial charge in [-0.2, -0.15) is 5.10 Å². The van der Waals surface area contributed by atoms with Crippen LogP contribution < -0.4 is 5.32 Å². The molecule has 0 saturated carbocycles. The number of nitrogens with one attached hydrogen (secondary N) is 2. The molecule has 11 heavy (non-hydrogen) atoms. The average molecular weight is 153 g/mol. The lowest BCUT2D eigenvalue weighted by Crippen LogP contribution is -1.93. The van der Waals surface area contributed by atoms with E-state index in [0.29, 0.717) is 5.92 Å². The van der Waals surface area contributed by atoms with E-state index in [9.17, 15) is 0 Å². The van der Waals surface area contributed by atoms with Crippen molar-refractivity contribution in [3.8, 4) is 0 Å². The van der Waals surface area contributed by atoms with E-state index in [-0.39, 0.29) is 0 Å². The monoisotopic (exact) mass is 153 g/mol. The van der Waals surface area contributed by atoms with Gasteiger partial charge in [0.05, 0.1) is 0 Å². The number of nitrogens with zero attached hydrogens (tertiary/aromatic N) is 1. The summed E-state index contributed by atoms with van der Waals surface area (Å²) in [5, 5.41) is 10.0. The van der Waals surface area contributed by atoms with E-state index in [1.54, 1.807) is 0 Å². The second kappa shape index (κ2) is 3.42. The highest BCUT2D eigenvalue weighted by Gasteiger charge is 2.00. The summed E-state index contributed by atoms with van der Waals surface area (Å²) in [4.78, 5) is 0. The highest BCUT2D eigenvalue weighted by Crippen LogP contribution is 2.08. The zero-order valence-electron chi connectivity index (χ0n) is 7.31. The zero-order chi connectivity index (χ0) is 8.27. The summed E-state index contributed by atoms with van der Waals surface area (Å²) in [6.45, 7) is 4.39. The minimum absolute atomic E-state index is 0.681. The van der Waals surface area contributed by atoms with E-state index < -0.39 is 0 Å². The molecule has 1 aromatic heterocycles. The fraction of sp³-hybridized carbons (Fsp3) is 0.625. The van der Waals surface area contributed by atoms with Gasteiger partial charge < -0.3 is 5.32 Å². The Morgan fingerprint density at radius 1 is 1.64 bits per heavy atom. The summed E-state index contributed by atoms with van der Waals surface area (Å²) in [6.07, 6.45) is 1.06. The van der Waals surface area contributed by atoms with E-state index in [2.05, 4.69) is 29.4 Å². The van der Waals surface area contributed by atoms with Gasteiger partial charge in [-0.25, -0.2) is 0 Å². The van der Waals surface area contributed by atoms with Gasteiger partial charge in [0.1, 0.15) is 5.82 Å². The molecule has 0 spiro atoms. The first-order valence-corrected chi connectivity index (χ1v) is 3.94. The molecule has 0 aliphatic heterocycles. The number of hydrogen-bond donors (Lipinski definition) is 2. The predicted octanol–water partition coefficient (Wildman–Crippen LogP) is 1.65. The van der Waals surface area contributed by atoms with Gasteiger partial charge in [0.2, 0.25) is 0 Å². The van der Waals surface area contributed by atoms with Gasteiger partial charge in [0, 0.05) is 18.8 Å². The Kier molecular flexibility index (Phi) is 2.52. The molecule has 0 fully saturated rings. The second-order valence-corrected chi connectivity index (χ2v) is 3.13. The van der Waals surface area contributed by atoms with Crippen molar-refractivity contribution in [3.63, 3.8) is 0 Å². The third-order valence-electron chi connectivity index (χ3n) is 1.52. The van der Waals surface area contributed by atoms with Gasteiger partial charge in [0.15, 0.2) is 0 Å². The van der Waals surface area contributed by atoms with Crippen LogP contribution in [0.2, 0.25) is 0 Å². The molecule has 1 heterocycles. The van der Waals surface area contributed by atoms with Gasteiger partial charge in [-0.15, -0.1) is 0 Å². The number of H-pyrrole nitrogens is 1. The van der Waals surface area contributed by atoms with E-state index >= 15 is 0 Å². The first kappa shape index (κ1) is 8.11. The summed E-state index contributed by atoms with van der Waals surface area (Å²) >= 11 is 0. The number of aromatic amines is 1. The molecule has 3 heteroatoms. The number of hydrogen-bond acceptors (Lipinski definition) is 2. The third-order valence-corrected chi connectivity index (χ3v) is 1.52. The molecule has 0 atom stereocenters. The number of aromatic nitrogens is 2. The van der Waals surface area contributed by atoms with Crippen LogP contribution in [0.15, 0.2) is 6.07 Å². The molecule has 1 rings (SSSR count). The first-order chi connectivity index (χ1) is 5.22. The van der Waals surface area contributed by atoms with Crippen LogP contribution in [-0.2, 0) is 6.42 Å². The molecule has 2 N–H and O–H groups in total. The van der Waals surface area contributed by atoms with Crippen LogP contribution in [0, 0.1) is 5.92 Å². The SMILES string of the molecule is CNc1cc(CC(C)C)[nH]n1. The Hall–Kier alpha value is -0.990. The molecule has 1 aromatic rings. The molecule has 0 aliphatic carbocycles. The van der Waals surface area contributed by atoms with Gasteiger partial charge >= 0.3 is 0 Å². The first-order valence-electron chi connectivity index (χ1n) is 3.94. The van der Waals surface area contributed by atoms with E-state index in [1.165, 1.54) is 5.69 Å². The molecule has 0 unspecified atom stereocenters. The van der Waals surface area contributed by atoms with Crippen LogP contribution in [0.3, 0.4) is 0 Å². The summed E-state index contributed by atoms with van der Waals surface area (Å²) in [6, 6.07) is 2.04. The fourth-order valence-electron chi connectivity index (χ4n) is 1.03. The maximum absolute atomic E-state index is 4.05. The number of rotatable bonds is 3. The maximum atomic E-state index is 4.05. The van der Waals surface area contributed by atoms with Crippen molar-refractivity contribution in [2.75, 3.05) is 12.4 Å². The fourth-order valence-corrected chi connectivity index (χ4v) is 1.03. The van der Waals surface area contributed by atoms with Gasteiger partial charge in [0.25, 0.3) is 0 Å². The molecule has 3 nitrogen and oxygen atoms in total. The van der Waals surface area contributed by atoms with Crippen LogP contribution in [0.5, 0.6) is 0 Å². The summed E-state index contributed by atoms with van der Waals surface area (Å²) in [7, 11) is 1.87. The Bertz CT molecular complexity index is 215. The third kappa shape index (κ3) is 2.26. The molecule has 0 saturated heterocycles. The van der Waals surface area contributed by atoms with Crippen LogP contribution in [0.1, 0.15) is 19.5 Å². The van der Waals surface area contributed by atoms with Crippen molar-refractivity contribution in [1.29, 1.82) is 0 Å². The maximum Gasteiger partial charge on any atom is 0.147 e. The minimum atomic E-state index is 0.681. The second-order valence-electron chi connectivity index (χ2n) is 3.13. The average Bonchev–Trinajstić information content (AvgIpc) is 2.34. The molecule has 0 radical (unpaired) electrons. The Labute approximate surface area is 67.2 Å². The zero-order valence-corrected chi connectivity index (χ0v) is 7.31. The standard InChI is InChI=1S/C8H15N3/c1-6(2)4-7-5-8(9-3)11-10-7/h5-6H,4H2,1-3H3,(H2,9,10,11). The van der Waals surface area contributed by atoms with Crippen LogP contribution in [-0.4, -0.2) is 17.2 Å². The predicted molar refractivity (Wildman–Crippen MR) is 46.7 cm³/mol. The molecule has 62 valence electrons. The van der Waals surface area contributed by atoms with Crippen molar-refractivity contribution in [2.24, 2.45) is 5.92 Å². The van der Waals surface area contributed by atoms with Crippen molar-refractivity contribution in [1.82, 2.24) is 10.2 Å². The highest BCUT2D eigenvalue weighted by molar-refractivity contribution is 5.34.